The number of nitriles is 1. The fraction of sp³-hybridized carbons (Fsp3) is 0.731. The van der Waals surface area contributed by atoms with Gasteiger partial charge in [0.05, 0.1) is 6.61 Å². The molecule has 0 radical (unpaired) electrons. The first-order valence-corrected chi connectivity index (χ1v) is 11.9. The standard InChI is InChI=1S/C26H35NO4/c1-5-30-24(29)20(15-27)22-9-8-21-19-7-6-17-14-18(31-16(2)28)10-12-25(17,3)23(19)11-13-26(21,22)4/h6,18-19,21,23H,5,7-14H2,1-4H3/b22-20+/t18-,19-,21-,23-,25-,26-/m0/s1. The van der Waals surface area contributed by atoms with Crippen molar-refractivity contribution in [2.24, 2.45) is 28.6 Å². The lowest BCUT2D eigenvalue weighted by Gasteiger charge is -2.57. The van der Waals surface area contributed by atoms with Crippen molar-refractivity contribution in [2.45, 2.75) is 85.2 Å². The Morgan fingerprint density at radius 2 is 1.87 bits per heavy atom. The molecule has 0 saturated heterocycles. The van der Waals surface area contributed by atoms with Crippen LogP contribution >= 0.6 is 0 Å². The van der Waals surface area contributed by atoms with Gasteiger partial charge in [-0.15, -0.1) is 0 Å². The maximum atomic E-state index is 12.5. The van der Waals surface area contributed by atoms with Crippen molar-refractivity contribution < 1.29 is 19.1 Å². The maximum absolute atomic E-state index is 12.5. The first kappa shape index (κ1) is 22.1. The summed E-state index contributed by atoms with van der Waals surface area (Å²) in [6, 6.07) is 2.18. The average Bonchev–Trinajstić information content (AvgIpc) is 3.06. The molecule has 0 amide bonds. The van der Waals surface area contributed by atoms with E-state index >= 15 is 0 Å². The topological polar surface area (TPSA) is 76.4 Å². The van der Waals surface area contributed by atoms with Crippen LogP contribution in [0.3, 0.4) is 0 Å². The molecule has 0 unspecified atom stereocenters. The Hall–Kier alpha value is -2.09. The van der Waals surface area contributed by atoms with Gasteiger partial charge in [-0.25, -0.2) is 4.79 Å². The molecule has 0 bridgehead atoms. The lowest BCUT2D eigenvalue weighted by molar-refractivity contribution is -0.148. The minimum atomic E-state index is -0.453. The lowest BCUT2D eigenvalue weighted by Crippen LogP contribution is -2.50. The summed E-state index contributed by atoms with van der Waals surface area (Å²) in [5.74, 6) is 1.07. The van der Waals surface area contributed by atoms with E-state index in [1.54, 1.807) is 6.92 Å². The molecule has 0 aromatic rings. The third-order valence-electron chi connectivity index (χ3n) is 9.07. The first-order valence-electron chi connectivity index (χ1n) is 11.9. The SMILES string of the molecule is CCOC(=O)/C(C#N)=C1\CC[C@H]2[C@@H]3CC=C4C[C@@H](OC(C)=O)CC[C@]4(C)[C@H]3CC[C@]12C. The van der Waals surface area contributed by atoms with E-state index < -0.39 is 5.97 Å². The summed E-state index contributed by atoms with van der Waals surface area (Å²) in [5, 5.41) is 9.75. The summed E-state index contributed by atoms with van der Waals surface area (Å²) in [6.07, 6.45) is 10.4. The summed E-state index contributed by atoms with van der Waals surface area (Å²) in [7, 11) is 0. The predicted octanol–water partition coefficient (Wildman–Crippen LogP) is 5.26. The zero-order chi connectivity index (χ0) is 22.4. The van der Waals surface area contributed by atoms with E-state index in [-0.39, 0.29) is 28.5 Å². The number of rotatable bonds is 3. The highest BCUT2D eigenvalue weighted by Gasteiger charge is 2.58. The number of hydrogen-bond donors (Lipinski definition) is 0. The molecule has 0 N–H and O–H groups in total. The molecule has 5 nitrogen and oxygen atoms in total. The van der Waals surface area contributed by atoms with Gasteiger partial charge in [-0.2, -0.15) is 5.26 Å². The first-order chi connectivity index (χ1) is 14.7. The molecule has 0 heterocycles. The Kier molecular flexibility index (Phi) is 5.79. The van der Waals surface area contributed by atoms with E-state index in [1.165, 1.54) is 12.5 Å². The highest BCUT2D eigenvalue weighted by molar-refractivity contribution is 5.94. The predicted molar refractivity (Wildman–Crippen MR) is 117 cm³/mol. The number of fused-ring (bicyclic) bond motifs is 5. The molecule has 3 saturated carbocycles. The number of hydrogen-bond acceptors (Lipinski definition) is 5. The van der Waals surface area contributed by atoms with Crippen LogP contribution in [-0.4, -0.2) is 24.6 Å². The number of esters is 2. The van der Waals surface area contributed by atoms with Gasteiger partial charge in [0, 0.05) is 13.3 Å². The van der Waals surface area contributed by atoms with Gasteiger partial charge in [0.2, 0.25) is 0 Å². The summed E-state index contributed by atoms with van der Waals surface area (Å²) in [6.45, 7) is 8.28. The van der Waals surface area contributed by atoms with E-state index in [0.29, 0.717) is 24.4 Å². The van der Waals surface area contributed by atoms with E-state index in [4.69, 9.17) is 9.47 Å². The molecule has 0 aromatic heterocycles. The smallest absolute Gasteiger partial charge is 0.348 e. The maximum Gasteiger partial charge on any atom is 0.348 e. The third-order valence-corrected chi connectivity index (χ3v) is 9.07. The second-order valence-electron chi connectivity index (χ2n) is 10.4. The van der Waals surface area contributed by atoms with Crippen LogP contribution in [0.1, 0.15) is 79.1 Å². The van der Waals surface area contributed by atoms with Gasteiger partial charge >= 0.3 is 11.9 Å². The molecule has 0 aromatic carbocycles. The Labute approximate surface area is 185 Å². The second kappa shape index (κ2) is 8.11. The number of nitrogens with zero attached hydrogens (tertiary/aromatic N) is 1. The third kappa shape index (κ3) is 3.52. The fourth-order valence-electron chi connectivity index (χ4n) is 7.63. The summed E-state index contributed by atoms with van der Waals surface area (Å²) in [5.41, 5.74) is 2.86. The van der Waals surface area contributed by atoms with Gasteiger partial charge in [-0.1, -0.05) is 25.5 Å². The molecule has 4 rings (SSSR count). The molecule has 6 atom stereocenters. The van der Waals surface area contributed by atoms with Crippen molar-refractivity contribution in [2.75, 3.05) is 6.61 Å². The van der Waals surface area contributed by atoms with E-state index in [1.807, 2.05) is 0 Å². The summed E-state index contributed by atoms with van der Waals surface area (Å²) < 4.78 is 10.7. The van der Waals surface area contributed by atoms with Crippen LogP contribution < -0.4 is 0 Å². The molecule has 4 aliphatic rings. The van der Waals surface area contributed by atoms with Crippen molar-refractivity contribution in [1.82, 2.24) is 0 Å². The monoisotopic (exact) mass is 425 g/mol. The number of allylic oxidation sites excluding steroid dienone is 2. The highest BCUT2D eigenvalue weighted by atomic mass is 16.5. The van der Waals surface area contributed by atoms with Crippen LogP contribution in [0.25, 0.3) is 0 Å². The normalized spacial score (nSPS) is 40.4. The van der Waals surface area contributed by atoms with Crippen molar-refractivity contribution in [3.05, 3.63) is 22.8 Å². The molecular formula is C26H35NO4. The van der Waals surface area contributed by atoms with Gasteiger partial charge in [-0.3, -0.25) is 4.79 Å². The number of ether oxygens (including phenoxy) is 2. The molecule has 31 heavy (non-hydrogen) atoms. The Balaban J connectivity index is 1.62. The second-order valence-corrected chi connectivity index (χ2v) is 10.4. The van der Waals surface area contributed by atoms with Gasteiger partial charge < -0.3 is 9.47 Å². The van der Waals surface area contributed by atoms with Crippen molar-refractivity contribution in [1.29, 1.82) is 5.26 Å². The van der Waals surface area contributed by atoms with Gasteiger partial charge in [0.1, 0.15) is 17.7 Å². The summed E-state index contributed by atoms with van der Waals surface area (Å²) >= 11 is 0. The number of carbonyl (C=O) groups excluding carboxylic acids is 2. The van der Waals surface area contributed by atoms with Crippen LogP contribution in [0.15, 0.2) is 22.8 Å². The van der Waals surface area contributed by atoms with Crippen LogP contribution in [0, 0.1) is 39.9 Å². The molecule has 4 aliphatic carbocycles. The average molecular weight is 426 g/mol. The lowest BCUT2D eigenvalue weighted by atomic mass is 9.47. The van der Waals surface area contributed by atoms with E-state index in [2.05, 4.69) is 26.0 Å². The van der Waals surface area contributed by atoms with Crippen LogP contribution in [0.5, 0.6) is 0 Å². The molecule has 3 fully saturated rings. The Morgan fingerprint density at radius 3 is 2.55 bits per heavy atom. The van der Waals surface area contributed by atoms with Crippen LogP contribution in [0.2, 0.25) is 0 Å². The zero-order valence-electron chi connectivity index (χ0n) is 19.3. The zero-order valence-corrected chi connectivity index (χ0v) is 19.3. The summed E-state index contributed by atoms with van der Waals surface area (Å²) in [4.78, 5) is 23.9. The van der Waals surface area contributed by atoms with Crippen LogP contribution in [0.4, 0.5) is 0 Å². The Morgan fingerprint density at radius 1 is 1.16 bits per heavy atom. The minimum Gasteiger partial charge on any atom is -0.462 e. The molecule has 168 valence electrons. The van der Waals surface area contributed by atoms with Crippen molar-refractivity contribution in [3.63, 3.8) is 0 Å². The molecule has 0 aliphatic heterocycles. The quantitative estimate of drug-likeness (QED) is 0.267. The molecule has 0 spiro atoms. The number of carbonyl (C=O) groups is 2. The van der Waals surface area contributed by atoms with Gasteiger partial charge in [-0.05, 0) is 86.0 Å². The van der Waals surface area contributed by atoms with Crippen molar-refractivity contribution in [3.8, 4) is 6.07 Å². The van der Waals surface area contributed by atoms with Crippen LogP contribution in [-0.2, 0) is 19.1 Å². The fourth-order valence-corrected chi connectivity index (χ4v) is 7.63. The molecular weight excluding hydrogens is 390 g/mol. The highest BCUT2D eigenvalue weighted by Crippen LogP contribution is 2.66. The van der Waals surface area contributed by atoms with Gasteiger partial charge in [0.25, 0.3) is 0 Å². The van der Waals surface area contributed by atoms with Crippen molar-refractivity contribution >= 4 is 11.9 Å². The Bertz CT molecular complexity index is 880. The van der Waals surface area contributed by atoms with Gasteiger partial charge in [0.15, 0.2) is 0 Å². The minimum absolute atomic E-state index is 0.0195. The molecule has 5 heteroatoms. The van der Waals surface area contributed by atoms with E-state index in [0.717, 1.165) is 56.9 Å². The van der Waals surface area contributed by atoms with E-state index in [9.17, 15) is 14.9 Å². The largest absolute Gasteiger partial charge is 0.462 e.